The van der Waals surface area contributed by atoms with E-state index in [9.17, 15) is 9.59 Å². The summed E-state index contributed by atoms with van der Waals surface area (Å²) in [5.41, 5.74) is 6.02. The number of hydrogen-bond donors (Lipinski definition) is 3. The number of nitrogens with one attached hydrogen (secondary N) is 3. The van der Waals surface area contributed by atoms with Gasteiger partial charge in [-0.25, -0.2) is 0 Å². The second kappa shape index (κ2) is 7.80. The summed E-state index contributed by atoms with van der Waals surface area (Å²) in [6, 6.07) is 12.9. The molecule has 1 saturated heterocycles. The third-order valence-electron chi connectivity index (χ3n) is 3.84. The summed E-state index contributed by atoms with van der Waals surface area (Å²) >= 11 is 5.13. The number of thiocarbonyl (C=S) groups is 1. The highest BCUT2D eigenvalue weighted by Gasteiger charge is 2.34. The molecule has 7 nitrogen and oxygen atoms in total. The van der Waals surface area contributed by atoms with E-state index in [0.717, 1.165) is 5.69 Å². The van der Waals surface area contributed by atoms with Gasteiger partial charge in [-0.3, -0.25) is 20.4 Å². The Morgan fingerprint density at radius 2 is 2.00 bits per heavy atom. The second-order valence-corrected chi connectivity index (χ2v) is 6.10. The van der Waals surface area contributed by atoms with Crippen LogP contribution in [0.2, 0.25) is 0 Å². The molecule has 1 aromatic carbocycles. The van der Waals surface area contributed by atoms with E-state index in [2.05, 4.69) is 16.2 Å². The zero-order valence-corrected chi connectivity index (χ0v) is 14.2. The zero-order chi connectivity index (χ0) is 17.6. The van der Waals surface area contributed by atoms with Gasteiger partial charge in [-0.05, 0) is 36.5 Å². The van der Waals surface area contributed by atoms with Crippen LogP contribution in [0.25, 0.3) is 0 Å². The molecule has 25 heavy (non-hydrogen) atoms. The maximum atomic E-state index is 12.2. The fourth-order valence-corrected chi connectivity index (χ4v) is 2.76. The number of furan rings is 1. The minimum absolute atomic E-state index is 0.0680. The van der Waals surface area contributed by atoms with Crippen molar-refractivity contribution in [1.29, 1.82) is 0 Å². The van der Waals surface area contributed by atoms with E-state index < -0.39 is 5.92 Å². The molecule has 3 N–H and O–H groups in total. The fraction of sp³-hybridized carbons (Fsp3) is 0.235. The van der Waals surface area contributed by atoms with Crippen molar-refractivity contribution in [3.05, 3.63) is 54.5 Å². The Kier molecular flexibility index (Phi) is 5.30. The van der Waals surface area contributed by atoms with Gasteiger partial charge in [0.05, 0.1) is 18.7 Å². The number of amides is 2. The second-order valence-electron chi connectivity index (χ2n) is 5.69. The zero-order valence-electron chi connectivity index (χ0n) is 13.4. The predicted molar refractivity (Wildman–Crippen MR) is 96.2 cm³/mol. The molecule has 3 rings (SSSR count). The third-order valence-corrected chi connectivity index (χ3v) is 4.05. The van der Waals surface area contributed by atoms with Gasteiger partial charge in [0.2, 0.25) is 11.8 Å². The van der Waals surface area contributed by atoms with Gasteiger partial charge in [-0.2, -0.15) is 0 Å². The topological polar surface area (TPSA) is 86.6 Å². The first-order chi connectivity index (χ1) is 12.1. The lowest BCUT2D eigenvalue weighted by Crippen LogP contribution is -2.46. The average molecular weight is 358 g/mol. The number of hydrogen-bond acceptors (Lipinski definition) is 4. The number of nitrogens with zero attached hydrogens (tertiary/aromatic N) is 1. The first-order valence-corrected chi connectivity index (χ1v) is 8.24. The van der Waals surface area contributed by atoms with Gasteiger partial charge in [-0.1, -0.05) is 18.2 Å². The predicted octanol–water partition coefficient (Wildman–Crippen LogP) is 1.65. The number of carbonyl (C=O) groups excluding carboxylic acids is 2. The monoisotopic (exact) mass is 358 g/mol. The maximum absolute atomic E-state index is 12.2. The van der Waals surface area contributed by atoms with Crippen molar-refractivity contribution in [2.45, 2.75) is 13.0 Å². The number of hydrazine groups is 1. The molecule has 0 aliphatic carbocycles. The van der Waals surface area contributed by atoms with Crippen LogP contribution in [0.4, 0.5) is 5.69 Å². The number of likely N-dealkylation sites (tertiary alicyclic amines) is 1. The number of benzene rings is 1. The highest BCUT2D eigenvalue weighted by atomic mass is 32.1. The van der Waals surface area contributed by atoms with Crippen LogP contribution >= 0.6 is 12.2 Å². The molecule has 1 unspecified atom stereocenters. The van der Waals surface area contributed by atoms with Crippen LogP contribution in [-0.2, 0) is 16.1 Å². The van der Waals surface area contributed by atoms with E-state index in [4.69, 9.17) is 16.6 Å². The quantitative estimate of drug-likeness (QED) is 0.569. The van der Waals surface area contributed by atoms with E-state index >= 15 is 0 Å². The largest absolute Gasteiger partial charge is 0.467 e. The Bertz CT molecular complexity index is 749. The molecule has 0 spiro atoms. The summed E-state index contributed by atoms with van der Waals surface area (Å²) in [7, 11) is 0. The molecule has 0 saturated carbocycles. The SMILES string of the molecule is O=C(NNC(=S)Nc1ccccc1)C1CC(=O)N(Cc2ccco2)C1. The lowest BCUT2D eigenvalue weighted by Gasteiger charge is -2.16. The summed E-state index contributed by atoms with van der Waals surface area (Å²) in [4.78, 5) is 25.9. The van der Waals surface area contributed by atoms with Crippen LogP contribution in [0.15, 0.2) is 53.1 Å². The van der Waals surface area contributed by atoms with Gasteiger partial charge in [0, 0.05) is 18.7 Å². The van der Waals surface area contributed by atoms with E-state index in [0.29, 0.717) is 18.8 Å². The van der Waals surface area contributed by atoms with Crippen LogP contribution in [0, 0.1) is 5.92 Å². The summed E-state index contributed by atoms with van der Waals surface area (Å²) in [6.07, 6.45) is 1.73. The highest BCUT2D eigenvalue weighted by molar-refractivity contribution is 7.80. The lowest BCUT2D eigenvalue weighted by molar-refractivity contribution is -0.129. The third kappa shape index (κ3) is 4.57. The fourth-order valence-electron chi connectivity index (χ4n) is 2.60. The molecule has 1 fully saturated rings. The van der Waals surface area contributed by atoms with E-state index in [1.54, 1.807) is 23.3 Å². The van der Waals surface area contributed by atoms with Gasteiger partial charge in [0.1, 0.15) is 5.76 Å². The molecule has 2 aromatic rings. The van der Waals surface area contributed by atoms with E-state index in [-0.39, 0.29) is 23.3 Å². The molecular weight excluding hydrogens is 340 g/mol. The minimum atomic E-state index is -0.422. The van der Waals surface area contributed by atoms with Crippen molar-refractivity contribution in [2.24, 2.45) is 5.92 Å². The van der Waals surface area contributed by atoms with Crippen molar-refractivity contribution >= 4 is 34.8 Å². The molecule has 1 aromatic heterocycles. The number of carbonyl (C=O) groups is 2. The Labute approximate surface area is 150 Å². The summed E-state index contributed by atoms with van der Waals surface area (Å²) in [5.74, 6) is -0.0655. The highest BCUT2D eigenvalue weighted by Crippen LogP contribution is 2.20. The Balaban J connectivity index is 1.45. The number of rotatable bonds is 4. The van der Waals surface area contributed by atoms with E-state index in [1.807, 2.05) is 30.3 Å². The first-order valence-electron chi connectivity index (χ1n) is 7.84. The van der Waals surface area contributed by atoms with Crippen LogP contribution < -0.4 is 16.2 Å². The summed E-state index contributed by atoms with van der Waals surface area (Å²) < 4.78 is 5.24. The Hall–Kier alpha value is -2.87. The molecule has 1 aliphatic rings. The Morgan fingerprint density at radius 1 is 1.20 bits per heavy atom. The summed E-state index contributed by atoms with van der Waals surface area (Å²) in [5, 5.41) is 3.23. The van der Waals surface area contributed by atoms with Crippen molar-refractivity contribution in [3.63, 3.8) is 0 Å². The molecule has 1 aliphatic heterocycles. The van der Waals surface area contributed by atoms with Gasteiger partial charge in [-0.15, -0.1) is 0 Å². The van der Waals surface area contributed by atoms with Crippen LogP contribution in [0.3, 0.4) is 0 Å². The first kappa shape index (κ1) is 17.0. The molecule has 0 bridgehead atoms. The van der Waals surface area contributed by atoms with Crippen LogP contribution in [0.1, 0.15) is 12.2 Å². The standard InChI is InChI=1S/C17H18N4O3S/c22-15-9-12(10-21(15)11-14-7-4-8-24-14)16(23)19-20-17(25)18-13-5-2-1-3-6-13/h1-8,12H,9-11H2,(H,19,23)(H2,18,20,25). The van der Waals surface area contributed by atoms with Crippen molar-refractivity contribution in [2.75, 3.05) is 11.9 Å². The molecule has 0 radical (unpaired) electrons. The van der Waals surface area contributed by atoms with Gasteiger partial charge in [0.15, 0.2) is 5.11 Å². The van der Waals surface area contributed by atoms with Crippen molar-refractivity contribution < 1.29 is 14.0 Å². The van der Waals surface area contributed by atoms with Crippen LogP contribution in [-0.4, -0.2) is 28.4 Å². The van der Waals surface area contributed by atoms with Gasteiger partial charge < -0.3 is 14.6 Å². The molecule has 2 heterocycles. The average Bonchev–Trinajstić information content (AvgIpc) is 3.24. The van der Waals surface area contributed by atoms with E-state index in [1.165, 1.54) is 0 Å². The number of para-hydroxylation sites is 1. The minimum Gasteiger partial charge on any atom is -0.467 e. The molecule has 2 amide bonds. The maximum Gasteiger partial charge on any atom is 0.243 e. The number of anilines is 1. The van der Waals surface area contributed by atoms with Crippen molar-refractivity contribution in [1.82, 2.24) is 15.8 Å². The van der Waals surface area contributed by atoms with Crippen LogP contribution in [0.5, 0.6) is 0 Å². The normalized spacial score (nSPS) is 16.6. The summed E-state index contributed by atoms with van der Waals surface area (Å²) in [6.45, 7) is 0.725. The lowest BCUT2D eigenvalue weighted by atomic mass is 10.1. The molecule has 8 heteroatoms. The smallest absolute Gasteiger partial charge is 0.243 e. The Morgan fingerprint density at radius 3 is 2.72 bits per heavy atom. The van der Waals surface area contributed by atoms with Gasteiger partial charge in [0.25, 0.3) is 0 Å². The molecule has 1 atom stereocenters. The molecule has 130 valence electrons. The van der Waals surface area contributed by atoms with Crippen molar-refractivity contribution in [3.8, 4) is 0 Å². The molecular formula is C17H18N4O3S. The van der Waals surface area contributed by atoms with Gasteiger partial charge >= 0.3 is 0 Å².